The number of nitrogens with zero attached hydrogens (tertiary/aromatic N) is 5. The van der Waals surface area contributed by atoms with E-state index in [1.807, 2.05) is 43.3 Å². The van der Waals surface area contributed by atoms with Gasteiger partial charge in [-0.25, -0.2) is 19.3 Å². The minimum Gasteiger partial charge on any atom is -0.382 e. The molecule has 0 saturated heterocycles. The summed E-state index contributed by atoms with van der Waals surface area (Å²) in [5.74, 6) is 6.26. The van der Waals surface area contributed by atoms with Crippen molar-refractivity contribution in [2.45, 2.75) is 32.7 Å². The number of rotatable bonds is 7. The lowest BCUT2D eigenvalue weighted by Gasteiger charge is -2.21. The first-order valence-corrected chi connectivity index (χ1v) is 12.3. The Labute approximate surface area is 225 Å². The molecule has 2 aromatic heterocycles. The van der Waals surface area contributed by atoms with E-state index in [0.717, 1.165) is 5.56 Å². The smallest absolute Gasteiger partial charge is 0.269 e. The maximum absolute atomic E-state index is 14.8. The number of nitrogens with one attached hydrogen (secondary N) is 1. The van der Waals surface area contributed by atoms with Gasteiger partial charge >= 0.3 is 0 Å². The molecule has 0 aliphatic rings. The van der Waals surface area contributed by atoms with Crippen LogP contribution in [0.25, 0.3) is 16.6 Å². The van der Waals surface area contributed by atoms with Gasteiger partial charge in [-0.05, 0) is 49.8 Å². The molecular weight excluding hydrogens is 493 g/mol. The number of allylic oxidation sites excluding steroid dienone is 4. The molecule has 0 amide bonds. The van der Waals surface area contributed by atoms with Crippen LogP contribution in [0.15, 0.2) is 77.9 Å². The van der Waals surface area contributed by atoms with E-state index in [-0.39, 0.29) is 23.1 Å². The van der Waals surface area contributed by atoms with Gasteiger partial charge in [0.15, 0.2) is 0 Å². The number of nitrogens with two attached hydrogens (primary N) is 1. The molecule has 0 aliphatic heterocycles. The lowest BCUT2D eigenvalue weighted by atomic mass is 10.1. The molecule has 4 aromatic rings. The van der Waals surface area contributed by atoms with Crippen LogP contribution in [0, 0.1) is 29.0 Å². The van der Waals surface area contributed by atoms with Gasteiger partial charge < -0.3 is 11.1 Å². The quantitative estimate of drug-likeness (QED) is 0.254. The molecule has 2 heterocycles. The number of benzene rings is 2. The number of hydrogen-bond acceptors (Lipinski definition) is 7. The predicted octanol–water partition coefficient (Wildman–Crippen LogP) is 5.20. The predicted molar refractivity (Wildman–Crippen MR) is 151 cm³/mol. The Kier molecular flexibility index (Phi) is 8.45. The molecule has 0 aliphatic carbocycles. The van der Waals surface area contributed by atoms with E-state index in [1.165, 1.54) is 23.0 Å². The fraction of sp³-hybridized carbons (Fsp3) is 0.167. The average Bonchev–Trinajstić information content (AvgIpc) is 2.93. The highest BCUT2D eigenvalue weighted by Gasteiger charge is 2.21. The van der Waals surface area contributed by atoms with E-state index in [0.29, 0.717) is 29.3 Å². The number of nitriles is 1. The number of hydrogen-bond donors (Lipinski definition) is 2. The van der Waals surface area contributed by atoms with Crippen molar-refractivity contribution in [2.75, 3.05) is 11.1 Å². The zero-order valence-corrected chi connectivity index (χ0v) is 21.5. The minimum absolute atomic E-state index is 0.0497. The van der Waals surface area contributed by atoms with Gasteiger partial charge in [-0.2, -0.15) is 5.26 Å². The number of nitrogen functional groups attached to an aromatic ring is 1. The summed E-state index contributed by atoms with van der Waals surface area (Å²) in [6.07, 6.45) is 7.25. The Hall–Kier alpha value is -5.28. The highest BCUT2D eigenvalue weighted by atomic mass is 19.1. The molecule has 194 valence electrons. The first-order chi connectivity index (χ1) is 18.9. The van der Waals surface area contributed by atoms with Gasteiger partial charge in [0.25, 0.3) is 5.56 Å². The van der Waals surface area contributed by atoms with Gasteiger partial charge in [0.05, 0.1) is 24.0 Å². The van der Waals surface area contributed by atoms with Gasteiger partial charge in [-0.3, -0.25) is 9.36 Å². The third kappa shape index (κ3) is 6.00. The molecular formula is C30H26FN7O. The van der Waals surface area contributed by atoms with Gasteiger partial charge in [-0.1, -0.05) is 49.1 Å². The molecule has 1 atom stereocenters. The fourth-order valence-corrected chi connectivity index (χ4v) is 3.93. The number of halogens is 1. The van der Waals surface area contributed by atoms with E-state index >= 15 is 0 Å². The highest BCUT2D eigenvalue weighted by Crippen LogP contribution is 2.25. The molecule has 0 radical (unpaired) electrons. The molecule has 9 heteroatoms. The topological polar surface area (TPSA) is 123 Å². The van der Waals surface area contributed by atoms with Crippen LogP contribution in [0.2, 0.25) is 0 Å². The standard InChI is InChI=1S/C30H26FN7O/c1-3-4-12-22(13-9-18-32)38-29(37-25-15-8-14-24(31)26(25)30(38)39)20(2)36-28-23(27(33)34-19-35-28)17-16-21-10-6-5-7-11-21/h4-8,10-15,19-20H,3,9H2,1-2H3,(H3,33,34,35,36)/b12-4-,22-13+. The molecule has 39 heavy (non-hydrogen) atoms. The van der Waals surface area contributed by atoms with Crippen molar-refractivity contribution in [3.63, 3.8) is 0 Å². The SMILES string of the molecule is CC/C=C\C(=C/CC#N)n1c(C(C)Nc2ncnc(N)c2C#Cc2ccccc2)nc2cccc(F)c2c1=O. The monoisotopic (exact) mass is 519 g/mol. The second-order valence-electron chi connectivity index (χ2n) is 8.51. The Morgan fingerprint density at radius 2 is 1.97 bits per heavy atom. The summed E-state index contributed by atoms with van der Waals surface area (Å²) in [5.41, 5.74) is 7.37. The highest BCUT2D eigenvalue weighted by molar-refractivity contribution is 5.80. The third-order valence-corrected chi connectivity index (χ3v) is 5.78. The lowest BCUT2D eigenvalue weighted by molar-refractivity contribution is 0.635. The van der Waals surface area contributed by atoms with Crippen molar-refractivity contribution in [2.24, 2.45) is 0 Å². The largest absolute Gasteiger partial charge is 0.382 e. The second kappa shape index (κ2) is 12.3. The maximum atomic E-state index is 14.8. The van der Waals surface area contributed by atoms with E-state index in [1.54, 1.807) is 25.1 Å². The lowest BCUT2D eigenvalue weighted by Crippen LogP contribution is -2.28. The third-order valence-electron chi connectivity index (χ3n) is 5.78. The number of fused-ring (bicyclic) bond motifs is 1. The average molecular weight is 520 g/mol. The Morgan fingerprint density at radius 3 is 2.72 bits per heavy atom. The van der Waals surface area contributed by atoms with Crippen LogP contribution in [0.5, 0.6) is 0 Å². The van der Waals surface area contributed by atoms with Crippen LogP contribution in [0.3, 0.4) is 0 Å². The minimum atomic E-state index is -0.674. The molecule has 4 rings (SSSR count). The summed E-state index contributed by atoms with van der Waals surface area (Å²) >= 11 is 0. The summed E-state index contributed by atoms with van der Waals surface area (Å²) in [5, 5.41) is 12.3. The Morgan fingerprint density at radius 1 is 1.18 bits per heavy atom. The molecule has 0 spiro atoms. The molecule has 8 nitrogen and oxygen atoms in total. The van der Waals surface area contributed by atoms with Crippen molar-refractivity contribution in [1.82, 2.24) is 19.5 Å². The first-order valence-electron chi connectivity index (χ1n) is 12.3. The van der Waals surface area contributed by atoms with Crippen LogP contribution in [-0.2, 0) is 0 Å². The van der Waals surface area contributed by atoms with Crippen molar-refractivity contribution in [3.05, 3.63) is 106 Å². The molecule has 0 fully saturated rings. The van der Waals surface area contributed by atoms with Crippen molar-refractivity contribution in [3.8, 4) is 17.9 Å². The maximum Gasteiger partial charge on any atom is 0.269 e. The summed E-state index contributed by atoms with van der Waals surface area (Å²) in [7, 11) is 0. The number of anilines is 2. The normalized spacial score (nSPS) is 12.1. The van der Waals surface area contributed by atoms with Crippen molar-refractivity contribution >= 4 is 28.2 Å². The van der Waals surface area contributed by atoms with Crippen LogP contribution in [0.4, 0.5) is 16.0 Å². The summed E-state index contributed by atoms with van der Waals surface area (Å²) in [6.45, 7) is 3.74. The van der Waals surface area contributed by atoms with E-state index in [2.05, 4.69) is 38.2 Å². The van der Waals surface area contributed by atoms with Gasteiger partial charge in [0, 0.05) is 11.3 Å². The van der Waals surface area contributed by atoms with Gasteiger partial charge in [-0.15, -0.1) is 0 Å². The van der Waals surface area contributed by atoms with E-state index in [4.69, 9.17) is 5.73 Å². The zero-order chi connectivity index (χ0) is 27.8. The van der Waals surface area contributed by atoms with E-state index in [9.17, 15) is 14.4 Å². The second-order valence-corrected chi connectivity index (χ2v) is 8.51. The number of aromatic nitrogens is 4. The van der Waals surface area contributed by atoms with Gasteiger partial charge in [0.2, 0.25) is 0 Å². The van der Waals surface area contributed by atoms with Crippen LogP contribution >= 0.6 is 0 Å². The Balaban J connectivity index is 1.87. The Bertz CT molecular complexity index is 1720. The summed E-state index contributed by atoms with van der Waals surface area (Å²) in [6, 6.07) is 15.2. The van der Waals surface area contributed by atoms with Crippen molar-refractivity contribution in [1.29, 1.82) is 5.26 Å². The molecule has 0 bridgehead atoms. The van der Waals surface area contributed by atoms with Crippen LogP contribution in [-0.4, -0.2) is 19.5 Å². The van der Waals surface area contributed by atoms with Crippen LogP contribution < -0.4 is 16.6 Å². The molecule has 3 N–H and O–H groups in total. The zero-order valence-electron chi connectivity index (χ0n) is 21.5. The fourth-order valence-electron chi connectivity index (χ4n) is 3.93. The first kappa shape index (κ1) is 26.8. The van der Waals surface area contributed by atoms with E-state index < -0.39 is 17.4 Å². The summed E-state index contributed by atoms with van der Waals surface area (Å²) < 4.78 is 16.1. The van der Waals surface area contributed by atoms with Crippen LogP contribution in [0.1, 0.15) is 49.7 Å². The molecule has 2 aromatic carbocycles. The van der Waals surface area contributed by atoms with Gasteiger partial charge in [0.1, 0.15) is 40.6 Å². The van der Waals surface area contributed by atoms with Crippen molar-refractivity contribution < 1.29 is 4.39 Å². The summed E-state index contributed by atoms with van der Waals surface area (Å²) in [4.78, 5) is 26.8. The molecule has 0 saturated carbocycles. The molecule has 1 unspecified atom stereocenters.